The van der Waals surface area contributed by atoms with Crippen molar-refractivity contribution >= 4 is 11.9 Å². The van der Waals surface area contributed by atoms with Crippen LogP contribution in [0.4, 0.5) is 4.79 Å². The van der Waals surface area contributed by atoms with Crippen molar-refractivity contribution in [2.24, 2.45) is 0 Å². The summed E-state index contributed by atoms with van der Waals surface area (Å²) in [5.74, 6) is 0.868. The lowest BCUT2D eigenvalue weighted by molar-refractivity contribution is -0.128. The molecule has 0 aliphatic carbocycles. The van der Waals surface area contributed by atoms with Crippen LogP contribution in [0.25, 0.3) is 11.3 Å². The number of ether oxygens (including phenoxy) is 2. The van der Waals surface area contributed by atoms with Crippen molar-refractivity contribution < 1.29 is 19.1 Å². The van der Waals surface area contributed by atoms with Crippen molar-refractivity contribution in [1.82, 2.24) is 25.2 Å². The smallest absolute Gasteiger partial charge is 0.324 e. The molecule has 1 aliphatic heterocycles. The average molecular weight is 331 g/mol. The summed E-state index contributed by atoms with van der Waals surface area (Å²) in [5.41, 5.74) is 1.37. The van der Waals surface area contributed by atoms with E-state index in [1.165, 1.54) is 4.68 Å². The van der Waals surface area contributed by atoms with E-state index in [1.807, 2.05) is 6.07 Å². The van der Waals surface area contributed by atoms with Crippen molar-refractivity contribution in [3.8, 4) is 22.8 Å². The van der Waals surface area contributed by atoms with E-state index in [1.54, 1.807) is 32.5 Å². The lowest BCUT2D eigenvalue weighted by atomic mass is 10.1. The number of imide groups is 1. The molecule has 0 bridgehead atoms. The van der Waals surface area contributed by atoms with Gasteiger partial charge in [0, 0.05) is 18.7 Å². The Morgan fingerprint density at radius 2 is 2.08 bits per heavy atom. The second-order valence-corrected chi connectivity index (χ2v) is 5.15. The van der Waals surface area contributed by atoms with Crippen LogP contribution < -0.4 is 14.8 Å². The number of methoxy groups -OCH3 is 2. The van der Waals surface area contributed by atoms with Gasteiger partial charge < -0.3 is 14.8 Å². The maximum Gasteiger partial charge on any atom is 0.324 e. The second-order valence-electron chi connectivity index (χ2n) is 5.15. The molecule has 3 rings (SSSR count). The van der Waals surface area contributed by atoms with E-state index in [0.29, 0.717) is 30.3 Å². The van der Waals surface area contributed by atoms with Gasteiger partial charge in [-0.05, 0) is 18.2 Å². The largest absolute Gasteiger partial charge is 0.493 e. The zero-order valence-electron chi connectivity index (χ0n) is 13.4. The van der Waals surface area contributed by atoms with Gasteiger partial charge in [0.05, 0.1) is 20.4 Å². The van der Waals surface area contributed by atoms with Crippen LogP contribution in [0.3, 0.4) is 0 Å². The Bertz CT molecular complexity index is 773. The van der Waals surface area contributed by atoms with Crippen LogP contribution in [0.1, 0.15) is 0 Å². The summed E-state index contributed by atoms with van der Waals surface area (Å²) in [4.78, 5) is 24.7. The molecule has 1 fully saturated rings. The maximum absolute atomic E-state index is 12.1. The Morgan fingerprint density at radius 3 is 2.75 bits per heavy atom. The molecule has 2 aromatic rings. The number of carbonyl (C=O) groups is 2. The lowest BCUT2D eigenvalue weighted by Crippen LogP contribution is -2.36. The normalized spacial score (nSPS) is 13.8. The van der Waals surface area contributed by atoms with Gasteiger partial charge in [0.2, 0.25) is 0 Å². The fraction of sp³-hybridized carbons (Fsp3) is 0.333. The molecule has 1 aliphatic rings. The number of hydrogen-bond donors (Lipinski definition) is 1. The molecule has 1 aromatic carbocycles. The van der Waals surface area contributed by atoms with E-state index >= 15 is 0 Å². The molecular formula is C15H17N5O4. The standard InChI is InChI=1S/C15H17N5O4/c1-23-12-4-3-10(7-13(12)24-2)11-8-19(18-17-11)9-14(21)20-6-5-16-15(20)22/h3-4,7-8H,5-6,9H2,1-2H3,(H,16,22). The van der Waals surface area contributed by atoms with Crippen LogP contribution in [0.5, 0.6) is 11.5 Å². The Hall–Kier alpha value is -3.10. The number of rotatable bonds is 5. The van der Waals surface area contributed by atoms with Crippen LogP contribution in [0.15, 0.2) is 24.4 Å². The number of aromatic nitrogens is 3. The summed E-state index contributed by atoms with van der Waals surface area (Å²) in [6.45, 7) is 0.793. The van der Waals surface area contributed by atoms with Gasteiger partial charge in [-0.15, -0.1) is 5.10 Å². The number of hydrogen-bond acceptors (Lipinski definition) is 6. The lowest BCUT2D eigenvalue weighted by Gasteiger charge is -2.11. The first-order chi connectivity index (χ1) is 11.6. The second kappa shape index (κ2) is 6.57. The van der Waals surface area contributed by atoms with Gasteiger partial charge in [-0.2, -0.15) is 0 Å². The zero-order valence-corrected chi connectivity index (χ0v) is 13.4. The van der Waals surface area contributed by atoms with Gasteiger partial charge in [-0.25, -0.2) is 9.48 Å². The average Bonchev–Trinajstić information content (AvgIpc) is 3.23. The summed E-state index contributed by atoms with van der Waals surface area (Å²) in [7, 11) is 3.12. The summed E-state index contributed by atoms with van der Waals surface area (Å²) in [6.07, 6.45) is 1.65. The van der Waals surface area contributed by atoms with Crippen LogP contribution in [-0.2, 0) is 11.3 Å². The third-order valence-electron chi connectivity index (χ3n) is 3.67. The van der Waals surface area contributed by atoms with Crippen molar-refractivity contribution in [2.75, 3.05) is 27.3 Å². The van der Waals surface area contributed by atoms with E-state index < -0.39 is 0 Å². The third-order valence-corrected chi connectivity index (χ3v) is 3.67. The SMILES string of the molecule is COc1ccc(-c2cn(CC(=O)N3CCNC3=O)nn2)cc1OC. The van der Waals surface area contributed by atoms with Gasteiger partial charge in [0.25, 0.3) is 5.91 Å². The molecule has 9 heteroatoms. The van der Waals surface area contributed by atoms with Gasteiger partial charge in [-0.3, -0.25) is 9.69 Å². The molecule has 3 amide bonds. The van der Waals surface area contributed by atoms with Crippen LogP contribution in [-0.4, -0.2) is 59.1 Å². The van der Waals surface area contributed by atoms with Crippen LogP contribution in [0, 0.1) is 0 Å². The fourth-order valence-corrected chi connectivity index (χ4v) is 2.44. The summed E-state index contributed by atoms with van der Waals surface area (Å²) in [6, 6.07) is 5.00. The Labute approximate surface area is 138 Å². The third kappa shape index (κ3) is 3.00. The number of amides is 3. The number of nitrogens with one attached hydrogen (secondary N) is 1. The minimum atomic E-state index is -0.375. The van der Waals surface area contributed by atoms with E-state index in [0.717, 1.165) is 10.5 Å². The molecule has 0 unspecified atom stereocenters. The highest BCUT2D eigenvalue weighted by atomic mass is 16.5. The Balaban J connectivity index is 1.76. The van der Waals surface area contributed by atoms with E-state index in [-0.39, 0.29) is 18.5 Å². The van der Waals surface area contributed by atoms with E-state index in [2.05, 4.69) is 15.6 Å². The van der Waals surface area contributed by atoms with Crippen molar-refractivity contribution in [3.05, 3.63) is 24.4 Å². The van der Waals surface area contributed by atoms with Gasteiger partial charge in [0.15, 0.2) is 11.5 Å². The number of benzene rings is 1. The van der Waals surface area contributed by atoms with Crippen molar-refractivity contribution in [2.45, 2.75) is 6.54 Å². The number of carbonyl (C=O) groups excluding carboxylic acids is 2. The minimum absolute atomic E-state index is 0.0479. The number of urea groups is 1. The molecule has 0 atom stereocenters. The molecule has 24 heavy (non-hydrogen) atoms. The molecule has 1 N–H and O–H groups in total. The molecule has 9 nitrogen and oxygen atoms in total. The highest BCUT2D eigenvalue weighted by Crippen LogP contribution is 2.31. The Kier molecular flexibility index (Phi) is 4.32. The predicted molar refractivity (Wildman–Crippen MR) is 83.7 cm³/mol. The van der Waals surface area contributed by atoms with E-state index in [4.69, 9.17) is 9.47 Å². The molecule has 0 saturated carbocycles. The molecule has 2 heterocycles. The monoisotopic (exact) mass is 331 g/mol. The fourth-order valence-electron chi connectivity index (χ4n) is 2.44. The molecular weight excluding hydrogens is 314 g/mol. The maximum atomic E-state index is 12.1. The Morgan fingerprint density at radius 1 is 1.29 bits per heavy atom. The van der Waals surface area contributed by atoms with E-state index in [9.17, 15) is 9.59 Å². The topological polar surface area (TPSA) is 98.6 Å². The molecule has 1 saturated heterocycles. The van der Waals surface area contributed by atoms with Gasteiger partial charge >= 0.3 is 6.03 Å². The molecule has 1 aromatic heterocycles. The molecule has 0 spiro atoms. The quantitative estimate of drug-likeness (QED) is 0.857. The number of nitrogens with zero attached hydrogens (tertiary/aromatic N) is 4. The molecule has 126 valence electrons. The summed E-state index contributed by atoms with van der Waals surface area (Å²) in [5, 5.41) is 10.6. The van der Waals surface area contributed by atoms with Crippen LogP contribution in [0.2, 0.25) is 0 Å². The van der Waals surface area contributed by atoms with Crippen LogP contribution >= 0.6 is 0 Å². The van der Waals surface area contributed by atoms with Gasteiger partial charge in [0.1, 0.15) is 12.2 Å². The highest BCUT2D eigenvalue weighted by Gasteiger charge is 2.26. The first kappa shape index (κ1) is 15.8. The zero-order chi connectivity index (χ0) is 17.1. The highest BCUT2D eigenvalue weighted by molar-refractivity contribution is 5.95. The summed E-state index contributed by atoms with van der Waals surface area (Å²) >= 11 is 0. The predicted octanol–water partition coefficient (Wildman–Crippen LogP) is 0.514. The first-order valence-electron chi connectivity index (χ1n) is 7.33. The van der Waals surface area contributed by atoms with Gasteiger partial charge in [-0.1, -0.05) is 5.21 Å². The van der Waals surface area contributed by atoms with Crippen molar-refractivity contribution in [1.29, 1.82) is 0 Å². The van der Waals surface area contributed by atoms with Crippen molar-refractivity contribution in [3.63, 3.8) is 0 Å². The summed E-state index contributed by atoms with van der Waals surface area (Å²) < 4.78 is 11.9. The minimum Gasteiger partial charge on any atom is -0.493 e. The molecule has 0 radical (unpaired) electrons. The first-order valence-corrected chi connectivity index (χ1v) is 7.33.